The Morgan fingerprint density at radius 1 is 1.15 bits per heavy atom. The number of H-pyrrole nitrogens is 1. The third kappa shape index (κ3) is 2.68. The second-order valence-electron chi connectivity index (χ2n) is 6.66. The van der Waals surface area contributed by atoms with Gasteiger partial charge in [0.2, 0.25) is 5.91 Å². The molecule has 6 heteroatoms. The van der Waals surface area contributed by atoms with Gasteiger partial charge in [0.15, 0.2) is 0 Å². The minimum Gasteiger partial charge on any atom is -0.467 e. The largest absolute Gasteiger partial charge is 0.467 e. The fourth-order valence-corrected chi connectivity index (χ4v) is 4.02. The maximum absolute atomic E-state index is 14.7. The molecule has 2 atom stereocenters. The summed E-state index contributed by atoms with van der Waals surface area (Å²) in [6.07, 6.45) is 0.316. The van der Waals surface area contributed by atoms with Crippen LogP contribution in [0, 0.1) is 5.82 Å². The molecule has 0 saturated heterocycles. The number of para-hydroxylation sites is 1. The standard InChI is InChI=1S/C21H19FN2O3/c1-12(25)24-18(21(26)27-2)11-15-13-7-4-6-10-17(13)23-19(15)20(24)14-8-3-5-9-16(14)22/h3-10,18,20,23H,11H2,1-2H3/t18-,20+/m0/s1. The Morgan fingerprint density at radius 3 is 2.56 bits per heavy atom. The molecule has 0 radical (unpaired) electrons. The van der Waals surface area contributed by atoms with E-state index in [4.69, 9.17) is 4.74 Å². The number of nitrogens with one attached hydrogen (secondary N) is 1. The molecular formula is C21H19FN2O3. The van der Waals surface area contributed by atoms with E-state index in [1.54, 1.807) is 18.2 Å². The zero-order chi connectivity index (χ0) is 19.1. The van der Waals surface area contributed by atoms with Gasteiger partial charge in [0.05, 0.1) is 7.11 Å². The van der Waals surface area contributed by atoms with Crippen LogP contribution in [0.4, 0.5) is 4.39 Å². The highest BCUT2D eigenvalue weighted by atomic mass is 19.1. The third-order valence-electron chi connectivity index (χ3n) is 5.17. The molecule has 2 heterocycles. The van der Waals surface area contributed by atoms with Gasteiger partial charge in [0.1, 0.15) is 17.9 Å². The number of amides is 1. The Bertz CT molecular complexity index is 1040. The number of hydrogen-bond acceptors (Lipinski definition) is 3. The van der Waals surface area contributed by atoms with Crippen molar-refractivity contribution < 1.29 is 18.7 Å². The minimum absolute atomic E-state index is 0.316. The van der Waals surface area contributed by atoms with Gasteiger partial charge in [-0.1, -0.05) is 36.4 Å². The lowest BCUT2D eigenvalue weighted by atomic mass is 9.87. The van der Waals surface area contributed by atoms with Crippen LogP contribution >= 0.6 is 0 Å². The molecule has 0 bridgehead atoms. The number of nitrogens with zero attached hydrogens (tertiary/aromatic N) is 1. The molecule has 0 unspecified atom stereocenters. The predicted octanol–water partition coefficient (Wildman–Crippen LogP) is 3.34. The lowest BCUT2D eigenvalue weighted by Gasteiger charge is -2.40. The molecule has 0 aliphatic carbocycles. The molecule has 0 saturated carbocycles. The Balaban J connectivity index is 2.01. The van der Waals surface area contributed by atoms with Crippen LogP contribution in [-0.2, 0) is 20.7 Å². The van der Waals surface area contributed by atoms with E-state index in [0.717, 1.165) is 22.2 Å². The van der Waals surface area contributed by atoms with E-state index in [1.807, 2.05) is 24.3 Å². The monoisotopic (exact) mass is 366 g/mol. The van der Waals surface area contributed by atoms with E-state index >= 15 is 0 Å². The van der Waals surface area contributed by atoms with Crippen LogP contribution in [0.3, 0.4) is 0 Å². The van der Waals surface area contributed by atoms with Gasteiger partial charge in [-0.15, -0.1) is 0 Å². The smallest absolute Gasteiger partial charge is 0.328 e. The van der Waals surface area contributed by atoms with Crippen molar-refractivity contribution in [3.63, 3.8) is 0 Å². The lowest BCUT2D eigenvalue weighted by molar-refractivity contribution is -0.154. The van der Waals surface area contributed by atoms with Gasteiger partial charge in [0, 0.05) is 35.5 Å². The van der Waals surface area contributed by atoms with Crippen LogP contribution in [0.5, 0.6) is 0 Å². The van der Waals surface area contributed by atoms with Gasteiger partial charge in [-0.05, 0) is 17.7 Å². The summed E-state index contributed by atoms with van der Waals surface area (Å²) in [5.74, 6) is -1.26. The Hall–Kier alpha value is -3.15. The second-order valence-corrected chi connectivity index (χ2v) is 6.66. The number of aromatic amines is 1. The number of hydrogen-bond donors (Lipinski definition) is 1. The number of esters is 1. The third-order valence-corrected chi connectivity index (χ3v) is 5.17. The SMILES string of the molecule is COC(=O)[C@@H]1Cc2c([nH]c3ccccc23)[C@@H](c2ccccc2F)N1C(C)=O. The van der Waals surface area contributed by atoms with Crippen LogP contribution in [0.2, 0.25) is 0 Å². The Morgan fingerprint density at radius 2 is 1.85 bits per heavy atom. The zero-order valence-corrected chi connectivity index (χ0v) is 15.0. The van der Waals surface area contributed by atoms with Crippen LogP contribution < -0.4 is 0 Å². The van der Waals surface area contributed by atoms with E-state index in [9.17, 15) is 14.0 Å². The van der Waals surface area contributed by atoms with Crippen LogP contribution in [0.25, 0.3) is 10.9 Å². The number of carbonyl (C=O) groups excluding carboxylic acids is 2. The summed E-state index contributed by atoms with van der Waals surface area (Å²) in [5, 5.41) is 0.964. The molecule has 3 aromatic rings. The number of methoxy groups -OCH3 is 1. The summed E-state index contributed by atoms with van der Waals surface area (Å²) in [6.45, 7) is 1.39. The highest BCUT2D eigenvalue weighted by Gasteiger charge is 2.43. The van der Waals surface area contributed by atoms with Crippen molar-refractivity contribution in [2.24, 2.45) is 0 Å². The molecule has 1 aromatic heterocycles. The van der Waals surface area contributed by atoms with E-state index in [1.165, 1.54) is 25.0 Å². The van der Waals surface area contributed by atoms with E-state index in [2.05, 4.69) is 4.98 Å². The summed E-state index contributed by atoms with van der Waals surface area (Å²) in [6, 6.07) is 12.5. The minimum atomic E-state index is -0.816. The van der Waals surface area contributed by atoms with E-state index in [0.29, 0.717) is 12.0 Å². The van der Waals surface area contributed by atoms with Crippen molar-refractivity contribution in [2.75, 3.05) is 7.11 Å². The average molecular weight is 366 g/mol. The van der Waals surface area contributed by atoms with Crippen molar-refractivity contribution in [1.29, 1.82) is 0 Å². The molecule has 1 aliphatic heterocycles. The summed E-state index contributed by atoms with van der Waals surface area (Å²) in [7, 11) is 1.30. The van der Waals surface area contributed by atoms with Gasteiger partial charge in [-0.3, -0.25) is 4.79 Å². The van der Waals surface area contributed by atoms with Crippen molar-refractivity contribution >= 4 is 22.8 Å². The molecule has 27 heavy (non-hydrogen) atoms. The maximum Gasteiger partial charge on any atom is 0.328 e. The fourth-order valence-electron chi connectivity index (χ4n) is 4.02. The zero-order valence-electron chi connectivity index (χ0n) is 15.0. The predicted molar refractivity (Wildman–Crippen MR) is 98.6 cm³/mol. The second kappa shape index (κ2) is 6.54. The van der Waals surface area contributed by atoms with Crippen LogP contribution in [0.15, 0.2) is 48.5 Å². The van der Waals surface area contributed by atoms with E-state index in [-0.39, 0.29) is 5.91 Å². The number of halogens is 1. The lowest BCUT2D eigenvalue weighted by Crippen LogP contribution is -2.51. The van der Waals surface area contributed by atoms with E-state index < -0.39 is 23.9 Å². The number of rotatable bonds is 2. The van der Waals surface area contributed by atoms with Crippen molar-refractivity contribution in [3.8, 4) is 0 Å². The summed E-state index contributed by atoms with van der Waals surface area (Å²) in [4.78, 5) is 29.8. The molecule has 0 fully saturated rings. The number of aromatic nitrogens is 1. The topological polar surface area (TPSA) is 62.4 Å². The summed E-state index contributed by atoms with van der Waals surface area (Å²) < 4.78 is 19.7. The molecular weight excluding hydrogens is 347 g/mol. The normalized spacial score (nSPS) is 19.0. The summed E-state index contributed by atoms with van der Waals surface area (Å²) in [5.41, 5.74) is 2.87. The van der Waals surface area contributed by atoms with Gasteiger partial charge in [0.25, 0.3) is 0 Å². The molecule has 2 aromatic carbocycles. The molecule has 5 nitrogen and oxygen atoms in total. The van der Waals surface area contributed by atoms with Crippen LogP contribution in [-0.4, -0.2) is 34.9 Å². The first-order valence-electron chi connectivity index (χ1n) is 8.73. The Kier molecular flexibility index (Phi) is 4.18. The first-order chi connectivity index (χ1) is 13.0. The Labute approximate surface area is 155 Å². The fraction of sp³-hybridized carbons (Fsp3) is 0.238. The molecule has 1 aliphatic rings. The number of carbonyl (C=O) groups is 2. The number of fused-ring (bicyclic) bond motifs is 3. The molecule has 4 rings (SSSR count). The highest BCUT2D eigenvalue weighted by molar-refractivity contribution is 5.90. The molecule has 0 spiro atoms. The van der Waals surface area contributed by atoms with Crippen molar-refractivity contribution in [1.82, 2.24) is 9.88 Å². The van der Waals surface area contributed by atoms with Gasteiger partial charge in [-0.2, -0.15) is 0 Å². The molecule has 1 amide bonds. The number of ether oxygens (including phenoxy) is 1. The highest BCUT2D eigenvalue weighted by Crippen LogP contribution is 2.41. The van der Waals surface area contributed by atoms with Gasteiger partial charge in [-0.25, -0.2) is 9.18 Å². The van der Waals surface area contributed by atoms with Gasteiger partial charge >= 0.3 is 5.97 Å². The summed E-state index contributed by atoms with van der Waals surface area (Å²) >= 11 is 0. The molecule has 138 valence electrons. The van der Waals surface area contributed by atoms with Crippen molar-refractivity contribution in [2.45, 2.75) is 25.4 Å². The maximum atomic E-state index is 14.7. The first-order valence-corrected chi connectivity index (χ1v) is 8.73. The average Bonchev–Trinajstić information content (AvgIpc) is 3.05. The molecule has 1 N–H and O–H groups in total. The van der Waals surface area contributed by atoms with Crippen LogP contribution in [0.1, 0.15) is 29.8 Å². The van der Waals surface area contributed by atoms with Crippen molar-refractivity contribution in [3.05, 3.63) is 71.2 Å². The quantitative estimate of drug-likeness (QED) is 0.708. The number of benzene rings is 2. The van der Waals surface area contributed by atoms with Gasteiger partial charge < -0.3 is 14.6 Å². The first kappa shape index (κ1) is 17.3.